The van der Waals surface area contributed by atoms with Crippen molar-refractivity contribution in [1.82, 2.24) is 10.1 Å². The summed E-state index contributed by atoms with van der Waals surface area (Å²) >= 11 is 5.91. The number of rotatable bonds is 5. The average molecular weight is 400 g/mol. The molecule has 1 saturated heterocycles. The molecule has 8 heteroatoms. The van der Waals surface area contributed by atoms with Crippen molar-refractivity contribution < 1.29 is 19.5 Å². The third kappa shape index (κ3) is 3.58. The van der Waals surface area contributed by atoms with Gasteiger partial charge in [-0.1, -0.05) is 22.8 Å². The Morgan fingerprint density at radius 1 is 1.21 bits per heavy atom. The SMILES string of the molecule is O=C(O)c1c(N2C[C@@H](Cc3ccccn3)[C@H](O)C2)noc1-c1ccc(Cl)cc1. The van der Waals surface area contributed by atoms with Gasteiger partial charge in [-0.2, -0.15) is 0 Å². The number of carboxylic acids is 1. The van der Waals surface area contributed by atoms with E-state index in [1.54, 1.807) is 35.4 Å². The Hall–Kier alpha value is -2.90. The van der Waals surface area contributed by atoms with Crippen LogP contribution in [-0.4, -0.2) is 45.5 Å². The molecule has 0 unspecified atom stereocenters. The van der Waals surface area contributed by atoms with Gasteiger partial charge in [0.25, 0.3) is 0 Å². The highest BCUT2D eigenvalue weighted by Crippen LogP contribution is 2.35. The number of hydrogen-bond acceptors (Lipinski definition) is 6. The van der Waals surface area contributed by atoms with Crippen molar-refractivity contribution in [2.24, 2.45) is 5.92 Å². The highest BCUT2D eigenvalue weighted by Gasteiger charge is 2.36. The molecule has 4 rings (SSSR count). The monoisotopic (exact) mass is 399 g/mol. The van der Waals surface area contributed by atoms with Crippen LogP contribution in [0.1, 0.15) is 16.1 Å². The summed E-state index contributed by atoms with van der Waals surface area (Å²) in [6.45, 7) is 0.745. The summed E-state index contributed by atoms with van der Waals surface area (Å²) in [5, 5.41) is 24.8. The number of carbonyl (C=O) groups is 1. The lowest BCUT2D eigenvalue weighted by Crippen LogP contribution is -2.23. The first-order valence-electron chi connectivity index (χ1n) is 8.84. The molecule has 0 aliphatic carbocycles. The van der Waals surface area contributed by atoms with Crippen molar-refractivity contribution in [2.75, 3.05) is 18.0 Å². The summed E-state index contributed by atoms with van der Waals surface area (Å²) in [5.41, 5.74) is 1.44. The fourth-order valence-corrected chi connectivity index (χ4v) is 3.63. The highest BCUT2D eigenvalue weighted by molar-refractivity contribution is 6.30. The van der Waals surface area contributed by atoms with E-state index in [-0.39, 0.29) is 29.6 Å². The number of nitrogens with zero attached hydrogens (tertiary/aromatic N) is 3. The molecule has 2 atom stereocenters. The number of aromatic carboxylic acids is 1. The first-order chi connectivity index (χ1) is 13.5. The van der Waals surface area contributed by atoms with Crippen LogP contribution in [0.25, 0.3) is 11.3 Å². The minimum absolute atomic E-state index is 0.0204. The van der Waals surface area contributed by atoms with Crippen LogP contribution in [0.4, 0.5) is 5.82 Å². The number of β-amino-alcohol motifs (C(OH)–C–C–N with tert-alkyl or cyclic N) is 1. The zero-order valence-electron chi connectivity index (χ0n) is 14.8. The molecule has 7 nitrogen and oxygen atoms in total. The predicted molar refractivity (Wildman–Crippen MR) is 104 cm³/mol. The lowest BCUT2D eigenvalue weighted by molar-refractivity contribution is 0.0697. The van der Waals surface area contributed by atoms with Gasteiger partial charge in [-0.05, 0) is 42.8 Å². The molecule has 0 saturated carbocycles. The molecule has 0 spiro atoms. The number of pyridine rings is 1. The summed E-state index contributed by atoms with van der Waals surface area (Å²) in [4.78, 5) is 18.0. The summed E-state index contributed by atoms with van der Waals surface area (Å²) in [7, 11) is 0. The largest absolute Gasteiger partial charge is 0.477 e. The van der Waals surface area contributed by atoms with Gasteiger partial charge in [0.05, 0.1) is 6.10 Å². The van der Waals surface area contributed by atoms with E-state index in [4.69, 9.17) is 16.1 Å². The van der Waals surface area contributed by atoms with Crippen LogP contribution in [-0.2, 0) is 6.42 Å². The molecular weight excluding hydrogens is 382 g/mol. The molecule has 1 aliphatic heterocycles. The Bertz CT molecular complexity index is 975. The zero-order chi connectivity index (χ0) is 19.7. The standard InChI is InChI=1S/C20H18ClN3O4/c21-14-6-4-12(5-7-14)18-17(20(26)27)19(23-28-18)24-10-13(16(25)11-24)9-15-3-1-2-8-22-15/h1-8,13,16,25H,9-11H2,(H,26,27)/t13-,16-/m1/s1. The molecule has 2 N–H and O–H groups in total. The Labute approximate surface area is 166 Å². The number of carboxylic acid groups (broad SMARTS) is 1. The molecule has 3 heterocycles. The first kappa shape index (κ1) is 18.5. The summed E-state index contributed by atoms with van der Waals surface area (Å²) in [5.74, 6) is -0.821. The molecule has 2 aromatic heterocycles. The van der Waals surface area contributed by atoms with Crippen LogP contribution < -0.4 is 4.90 Å². The number of halogens is 1. The third-order valence-electron chi connectivity index (χ3n) is 4.90. The number of benzene rings is 1. The molecule has 3 aromatic rings. The van der Waals surface area contributed by atoms with Gasteiger partial charge in [-0.3, -0.25) is 4.98 Å². The van der Waals surface area contributed by atoms with Gasteiger partial charge in [0.2, 0.25) is 0 Å². The lowest BCUT2D eigenvalue weighted by atomic mass is 10.00. The third-order valence-corrected chi connectivity index (χ3v) is 5.15. The number of anilines is 1. The smallest absolute Gasteiger partial charge is 0.343 e. The fourth-order valence-electron chi connectivity index (χ4n) is 3.50. The number of hydrogen-bond donors (Lipinski definition) is 2. The lowest BCUT2D eigenvalue weighted by Gasteiger charge is -2.15. The topological polar surface area (TPSA) is 99.7 Å². The van der Waals surface area contributed by atoms with Crippen LogP contribution in [0.2, 0.25) is 5.02 Å². The maximum atomic E-state index is 11.9. The molecular formula is C20H18ClN3O4. The second-order valence-corrected chi connectivity index (χ2v) is 7.22. The average Bonchev–Trinajstić information content (AvgIpc) is 3.27. The van der Waals surface area contributed by atoms with Crippen molar-refractivity contribution >= 4 is 23.4 Å². The van der Waals surface area contributed by atoms with Gasteiger partial charge in [0.1, 0.15) is 0 Å². The van der Waals surface area contributed by atoms with Crippen molar-refractivity contribution in [2.45, 2.75) is 12.5 Å². The molecule has 144 valence electrons. The Morgan fingerprint density at radius 2 is 2.00 bits per heavy atom. The van der Waals surface area contributed by atoms with Gasteiger partial charge in [0.15, 0.2) is 17.1 Å². The molecule has 0 bridgehead atoms. The summed E-state index contributed by atoms with van der Waals surface area (Å²) < 4.78 is 5.37. The van der Waals surface area contributed by atoms with Crippen LogP contribution in [0.5, 0.6) is 0 Å². The number of aromatic nitrogens is 2. The molecule has 1 fully saturated rings. The Balaban J connectivity index is 1.61. The second-order valence-electron chi connectivity index (χ2n) is 6.78. The van der Waals surface area contributed by atoms with Gasteiger partial charge in [-0.15, -0.1) is 0 Å². The summed E-state index contributed by atoms with van der Waals surface area (Å²) in [6.07, 6.45) is 1.70. The predicted octanol–water partition coefficient (Wildman–Crippen LogP) is 3.13. The van der Waals surface area contributed by atoms with E-state index in [9.17, 15) is 15.0 Å². The quantitative estimate of drug-likeness (QED) is 0.679. The van der Waals surface area contributed by atoms with Crippen LogP contribution in [0, 0.1) is 5.92 Å². The molecule has 1 aliphatic rings. The van der Waals surface area contributed by atoms with E-state index in [1.165, 1.54) is 0 Å². The van der Waals surface area contributed by atoms with Gasteiger partial charge in [-0.25, -0.2) is 4.79 Å². The van der Waals surface area contributed by atoms with E-state index < -0.39 is 12.1 Å². The highest BCUT2D eigenvalue weighted by atomic mass is 35.5. The zero-order valence-corrected chi connectivity index (χ0v) is 15.6. The van der Waals surface area contributed by atoms with E-state index in [1.807, 2.05) is 18.2 Å². The maximum Gasteiger partial charge on any atom is 0.343 e. The van der Waals surface area contributed by atoms with Crippen molar-refractivity contribution in [3.05, 3.63) is 64.9 Å². The normalized spacial score (nSPS) is 19.1. The minimum atomic E-state index is -1.14. The molecule has 28 heavy (non-hydrogen) atoms. The van der Waals surface area contributed by atoms with Crippen LogP contribution >= 0.6 is 11.6 Å². The van der Waals surface area contributed by atoms with Gasteiger partial charge >= 0.3 is 5.97 Å². The second kappa shape index (κ2) is 7.61. The van der Waals surface area contributed by atoms with Crippen molar-refractivity contribution in [3.8, 4) is 11.3 Å². The Morgan fingerprint density at radius 3 is 2.68 bits per heavy atom. The van der Waals surface area contributed by atoms with Crippen molar-refractivity contribution in [1.29, 1.82) is 0 Å². The van der Waals surface area contributed by atoms with E-state index in [0.29, 0.717) is 23.6 Å². The number of aliphatic hydroxyl groups is 1. The van der Waals surface area contributed by atoms with Crippen molar-refractivity contribution in [3.63, 3.8) is 0 Å². The van der Waals surface area contributed by atoms with E-state index in [0.717, 1.165) is 5.69 Å². The van der Waals surface area contributed by atoms with E-state index in [2.05, 4.69) is 10.1 Å². The van der Waals surface area contributed by atoms with Gasteiger partial charge in [0, 0.05) is 41.5 Å². The number of aliphatic hydroxyl groups excluding tert-OH is 1. The first-order valence-corrected chi connectivity index (χ1v) is 9.22. The van der Waals surface area contributed by atoms with E-state index >= 15 is 0 Å². The van der Waals surface area contributed by atoms with Crippen LogP contribution in [0.3, 0.4) is 0 Å². The molecule has 0 radical (unpaired) electrons. The summed E-state index contributed by atoms with van der Waals surface area (Å²) in [6, 6.07) is 12.3. The fraction of sp³-hybridized carbons (Fsp3) is 0.250. The van der Waals surface area contributed by atoms with Gasteiger partial charge < -0.3 is 19.6 Å². The maximum absolute atomic E-state index is 11.9. The van der Waals surface area contributed by atoms with Crippen LogP contribution in [0.15, 0.2) is 53.2 Å². The molecule has 1 aromatic carbocycles. The minimum Gasteiger partial charge on any atom is -0.477 e. The Kier molecular flexibility index (Phi) is 5.02. The molecule has 0 amide bonds.